The first-order valence-electron chi connectivity index (χ1n) is 13.4. The maximum Gasteiger partial charge on any atom is 0.471 e. The monoisotopic (exact) mass is 613 g/mol. The molecule has 2 unspecified atom stereocenters. The van der Waals surface area contributed by atoms with Crippen molar-refractivity contribution in [2.45, 2.75) is 65.5 Å². The minimum Gasteiger partial charge on any atom is -0.368 e. The van der Waals surface area contributed by atoms with Gasteiger partial charge in [-0.2, -0.15) is 22.0 Å². The lowest BCUT2D eigenvalue weighted by Crippen LogP contribution is -2.61. The number of rotatable bonds is 7. The van der Waals surface area contributed by atoms with Crippen LogP contribution in [0.3, 0.4) is 0 Å². The summed E-state index contributed by atoms with van der Waals surface area (Å²) >= 11 is 0. The number of nitrogens with two attached hydrogens (primary N) is 1. The molecule has 2 fully saturated rings. The molecule has 4 N–H and O–H groups in total. The number of carbonyl (C=O) groups excluding carboxylic acids is 4. The molecule has 1 aliphatic carbocycles. The van der Waals surface area contributed by atoms with E-state index in [2.05, 4.69) is 5.32 Å². The maximum absolute atomic E-state index is 13.8. The molecule has 1 aliphatic heterocycles. The highest BCUT2D eigenvalue weighted by atomic mass is 19.4. The van der Waals surface area contributed by atoms with Crippen LogP contribution in [0.2, 0.25) is 0 Å². The van der Waals surface area contributed by atoms with E-state index >= 15 is 0 Å². The average Bonchev–Trinajstić information content (AvgIpc) is 3.20. The van der Waals surface area contributed by atoms with E-state index in [1.807, 2.05) is 13.8 Å². The van der Waals surface area contributed by atoms with Gasteiger partial charge >= 0.3 is 18.6 Å². The number of likely N-dealkylation sites (tertiary alicyclic amines) is 1. The summed E-state index contributed by atoms with van der Waals surface area (Å²) in [5.41, 5.74) is 2.45. The number of piperidine rings is 1. The van der Waals surface area contributed by atoms with Gasteiger partial charge in [-0.15, -0.1) is 0 Å². The number of alkyl halides is 5. The Morgan fingerprint density at radius 3 is 2.19 bits per heavy atom. The highest BCUT2D eigenvalue weighted by Gasteiger charge is 2.70. The van der Waals surface area contributed by atoms with Gasteiger partial charge in [0.05, 0.1) is 5.52 Å². The summed E-state index contributed by atoms with van der Waals surface area (Å²) in [6.45, 7) is 4.86. The van der Waals surface area contributed by atoms with Crippen molar-refractivity contribution < 1.29 is 41.1 Å². The van der Waals surface area contributed by atoms with Gasteiger partial charge in [0.25, 0.3) is 5.56 Å². The van der Waals surface area contributed by atoms with E-state index in [-0.39, 0.29) is 33.5 Å². The molecule has 2 aliphatic rings. The number of halogens is 5. The molecule has 0 radical (unpaired) electrons. The third kappa shape index (κ3) is 5.68. The third-order valence-corrected chi connectivity index (χ3v) is 8.47. The lowest BCUT2D eigenvalue weighted by molar-refractivity contribution is -0.176. The number of amides is 4. The van der Waals surface area contributed by atoms with Crippen LogP contribution in [0.1, 0.15) is 52.8 Å². The Morgan fingerprint density at radius 2 is 1.65 bits per heavy atom. The van der Waals surface area contributed by atoms with Gasteiger partial charge in [0.15, 0.2) is 0 Å². The van der Waals surface area contributed by atoms with Crippen LogP contribution >= 0.6 is 0 Å². The molecular formula is C28H32F5N5O5. The molecular weight excluding hydrogens is 581 g/mol. The summed E-state index contributed by atoms with van der Waals surface area (Å²) in [6, 6.07) is 1.65. The molecule has 0 spiro atoms. The third-order valence-electron chi connectivity index (χ3n) is 8.47. The van der Waals surface area contributed by atoms with Crippen LogP contribution in [0.15, 0.2) is 35.1 Å². The molecule has 5 atom stereocenters. The molecule has 15 heteroatoms. The molecule has 2 heterocycles. The second kappa shape index (κ2) is 10.6. The van der Waals surface area contributed by atoms with Crippen molar-refractivity contribution in [2.75, 3.05) is 6.54 Å². The van der Waals surface area contributed by atoms with Crippen molar-refractivity contribution in [1.82, 2.24) is 20.1 Å². The van der Waals surface area contributed by atoms with Crippen LogP contribution in [0.5, 0.6) is 0 Å². The zero-order valence-corrected chi connectivity index (χ0v) is 24.0. The summed E-state index contributed by atoms with van der Waals surface area (Å²) in [4.78, 5) is 65.7. The van der Waals surface area contributed by atoms with Crippen LogP contribution in [-0.4, -0.2) is 57.9 Å². The average molecular weight is 614 g/mol. The Kier molecular flexibility index (Phi) is 7.86. The minimum absolute atomic E-state index is 0.00232. The van der Waals surface area contributed by atoms with Gasteiger partial charge in [0, 0.05) is 18.0 Å². The lowest BCUT2D eigenvalue weighted by Gasteiger charge is -2.38. The largest absolute Gasteiger partial charge is 0.471 e. The fourth-order valence-electron chi connectivity index (χ4n) is 6.14. The molecule has 4 amide bonds. The fourth-order valence-corrected chi connectivity index (χ4v) is 6.14. The number of nitrogens with one attached hydrogen (secondary N) is 2. The van der Waals surface area contributed by atoms with Crippen LogP contribution in [-0.2, 0) is 19.2 Å². The first-order valence-corrected chi connectivity index (χ1v) is 13.4. The van der Waals surface area contributed by atoms with Crippen LogP contribution in [0.4, 0.5) is 22.0 Å². The van der Waals surface area contributed by atoms with E-state index in [1.54, 1.807) is 5.32 Å². The Balaban J connectivity index is 1.72. The van der Waals surface area contributed by atoms with Gasteiger partial charge in [-0.1, -0.05) is 52.8 Å². The van der Waals surface area contributed by atoms with Crippen LogP contribution < -0.4 is 21.9 Å². The summed E-state index contributed by atoms with van der Waals surface area (Å²) < 4.78 is 66.8. The summed E-state index contributed by atoms with van der Waals surface area (Å²) in [5, 5.41) is 4.24. The molecule has 2 aromatic rings. The zero-order valence-electron chi connectivity index (χ0n) is 24.0. The molecule has 234 valence electrons. The number of primary amides is 1. The zero-order chi connectivity index (χ0) is 32.4. The smallest absolute Gasteiger partial charge is 0.368 e. The predicted octanol–water partition coefficient (Wildman–Crippen LogP) is 2.62. The lowest BCUT2D eigenvalue weighted by atomic mass is 9.85. The van der Waals surface area contributed by atoms with E-state index < -0.39 is 76.8 Å². The number of fused-ring (bicyclic) bond motifs is 2. The quantitative estimate of drug-likeness (QED) is 0.412. The molecule has 1 aromatic heterocycles. The van der Waals surface area contributed by atoms with Crippen molar-refractivity contribution in [1.29, 1.82) is 0 Å². The SMILES string of the molecule is CC(C)(C)C(NC(=O)C(F)(F)F)C(=O)N1C[C@H]2[C@@H]([C@H]1C(=O)NC(C(N)=O)c1cc(=O)n(C(F)F)c3ccccc13)C2(C)C. The van der Waals surface area contributed by atoms with E-state index in [9.17, 15) is 45.9 Å². The topological polar surface area (TPSA) is 144 Å². The molecule has 1 aromatic carbocycles. The van der Waals surface area contributed by atoms with E-state index in [0.29, 0.717) is 0 Å². The number of nitrogens with zero attached hydrogens (tertiary/aromatic N) is 2. The highest BCUT2D eigenvalue weighted by molar-refractivity contribution is 5.98. The van der Waals surface area contributed by atoms with Crippen molar-refractivity contribution in [3.05, 3.63) is 46.2 Å². The molecule has 0 bridgehead atoms. The molecule has 10 nitrogen and oxygen atoms in total. The molecule has 1 saturated carbocycles. The van der Waals surface area contributed by atoms with Crippen LogP contribution in [0.25, 0.3) is 10.9 Å². The molecule has 43 heavy (non-hydrogen) atoms. The number of para-hydroxylation sites is 1. The van der Waals surface area contributed by atoms with Gasteiger partial charge in [-0.25, -0.2) is 0 Å². The van der Waals surface area contributed by atoms with Crippen LogP contribution in [0, 0.1) is 22.7 Å². The minimum atomic E-state index is -5.26. The maximum atomic E-state index is 13.8. The number of hydrogen-bond acceptors (Lipinski definition) is 5. The van der Waals surface area contributed by atoms with Crippen molar-refractivity contribution in [2.24, 2.45) is 28.4 Å². The summed E-state index contributed by atoms with van der Waals surface area (Å²) in [6.07, 6.45) is -5.26. The first kappa shape index (κ1) is 31.9. The molecule has 1 saturated heterocycles. The number of hydrogen-bond donors (Lipinski definition) is 3. The number of pyridine rings is 1. The summed E-state index contributed by atoms with van der Waals surface area (Å²) in [7, 11) is 0. The standard InChI is InChI=1S/C28H32F5N5O5/c1-26(2,3)20(36-24(43)28(31,32)33)23(42)37-11-14-17(27(14,4)5)19(37)22(41)35-18(21(34)40)13-10-16(39)38(25(29)30)15-9-7-6-8-12(13)15/h6-10,14,17-20,25H,11H2,1-5H3,(H2,34,40)(H,35,41)(H,36,43)/t14-,17-,18?,19-,20?/m0/s1. The Labute approximate surface area is 242 Å². The highest BCUT2D eigenvalue weighted by Crippen LogP contribution is 2.65. The Bertz CT molecular complexity index is 1550. The Morgan fingerprint density at radius 1 is 1.05 bits per heavy atom. The van der Waals surface area contributed by atoms with E-state index in [4.69, 9.17) is 5.73 Å². The van der Waals surface area contributed by atoms with Gasteiger partial charge < -0.3 is 21.3 Å². The van der Waals surface area contributed by atoms with E-state index in [1.165, 1.54) is 45.0 Å². The van der Waals surface area contributed by atoms with Crippen molar-refractivity contribution in [3.63, 3.8) is 0 Å². The van der Waals surface area contributed by atoms with Gasteiger partial charge in [0.2, 0.25) is 17.7 Å². The molecule has 4 rings (SSSR count). The number of aromatic nitrogens is 1. The number of carbonyl (C=O) groups is 4. The summed E-state index contributed by atoms with van der Waals surface area (Å²) in [5.74, 6) is -5.91. The van der Waals surface area contributed by atoms with Gasteiger partial charge in [-0.3, -0.25) is 28.5 Å². The second-order valence-corrected chi connectivity index (χ2v) is 12.6. The van der Waals surface area contributed by atoms with Crippen molar-refractivity contribution in [3.8, 4) is 0 Å². The Hall–Kier alpha value is -4.04. The first-order chi connectivity index (χ1) is 19.7. The van der Waals surface area contributed by atoms with E-state index in [0.717, 1.165) is 11.0 Å². The normalized spacial score (nSPS) is 22.6. The van der Waals surface area contributed by atoms with Gasteiger partial charge in [0.1, 0.15) is 18.1 Å². The second-order valence-electron chi connectivity index (χ2n) is 12.6. The van der Waals surface area contributed by atoms with Crippen molar-refractivity contribution >= 4 is 34.5 Å². The van der Waals surface area contributed by atoms with Gasteiger partial charge in [-0.05, 0) is 34.3 Å². The fraction of sp³-hybridized carbons (Fsp3) is 0.536. The number of benzene rings is 1. The predicted molar refractivity (Wildman–Crippen MR) is 143 cm³/mol.